The Morgan fingerprint density at radius 2 is 2.00 bits per heavy atom. The predicted octanol–water partition coefficient (Wildman–Crippen LogP) is 5.15. The van der Waals surface area contributed by atoms with Gasteiger partial charge in [-0.05, 0) is 35.9 Å². The van der Waals surface area contributed by atoms with Crippen LogP contribution in [0.15, 0.2) is 51.5 Å². The first-order valence-corrected chi connectivity index (χ1v) is 7.20. The van der Waals surface area contributed by atoms with Gasteiger partial charge in [0.25, 0.3) is 0 Å². The molecule has 3 rings (SSSR count). The second-order valence-electron chi connectivity index (χ2n) is 4.41. The van der Waals surface area contributed by atoms with E-state index in [0.29, 0.717) is 10.6 Å². The fraction of sp³-hybridized carbons (Fsp3) is 0. The highest BCUT2D eigenvalue weighted by molar-refractivity contribution is 9.10. The molecule has 0 aliphatic heterocycles. The van der Waals surface area contributed by atoms with E-state index in [1.165, 1.54) is 18.2 Å². The molecule has 0 saturated heterocycles. The summed E-state index contributed by atoms with van der Waals surface area (Å²) in [5.41, 5.74) is 7.41. The average Bonchev–Trinajstić information content (AvgIpc) is 2.83. The van der Waals surface area contributed by atoms with Crippen LogP contribution in [-0.4, -0.2) is 5.16 Å². The molecule has 0 bridgehead atoms. The molecule has 1 heterocycles. The lowest BCUT2D eigenvalue weighted by molar-refractivity contribution is 0.433. The fourth-order valence-electron chi connectivity index (χ4n) is 2.08. The van der Waals surface area contributed by atoms with E-state index in [-0.39, 0.29) is 17.1 Å². The van der Waals surface area contributed by atoms with Gasteiger partial charge in [-0.3, -0.25) is 0 Å². The third-order valence-corrected chi connectivity index (χ3v) is 3.73. The molecule has 0 fully saturated rings. The van der Waals surface area contributed by atoms with Gasteiger partial charge in [0.1, 0.15) is 5.82 Å². The first-order valence-electron chi connectivity index (χ1n) is 6.03. The predicted molar refractivity (Wildman–Crippen MR) is 84.5 cm³/mol. The van der Waals surface area contributed by atoms with Crippen molar-refractivity contribution in [3.63, 3.8) is 0 Å². The third-order valence-electron chi connectivity index (χ3n) is 3.00. The molecule has 3 nitrogen and oxygen atoms in total. The number of anilines is 1. The van der Waals surface area contributed by atoms with E-state index in [0.717, 1.165) is 10.0 Å². The first kappa shape index (κ1) is 14.1. The second kappa shape index (κ2) is 5.50. The highest BCUT2D eigenvalue weighted by atomic mass is 79.9. The van der Waals surface area contributed by atoms with Crippen LogP contribution in [0.4, 0.5) is 10.2 Å². The van der Waals surface area contributed by atoms with Crippen molar-refractivity contribution < 1.29 is 8.91 Å². The van der Waals surface area contributed by atoms with Gasteiger partial charge in [-0.25, -0.2) is 4.39 Å². The van der Waals surface area contributed by atoms with Crippen LogP contribution < -0.4 is 5.73 Å². The number of nitrogens with zero attached hydrogens (tertiary/aromatic N) is 1. The smallest absolute Gasteiger partial charge is 0.179 e. The van der Waals surface area contributed by atoms with Crippen molar-refractivity contribution in [2.45, 2.75) is 0 Å². The molecule has 0 radical (unpaired) electrons. The first-order chi connectivity index (χ1) is 10.1. The molecule has 3 aromatic rings. The van der Waals surface area contributed by atoms with Crippen molar-refractivity contribution >= 4 is 33.3 Å². The van der Waals surface area contributed by atoms with E-state index in [1.54, 1.807) is 0 Å². The number of halogens is 3. The summed E-state index contributed by atoms with van der Waals surface area (Å²) in [5.74, 6) is -0.000118. The molecular formula is C15H9BrClFN2O. The third kappa shape index (κ3) is 2.66. The van der Waals surface area contributed by atoms with Gasteiger partial charge in [-0.1, -0.05) is 44.8 Å². The van der Waals surface area contributed by atoms with Gasteiger partial charge >= 0.3 is 0 Å². The highest BCUT2D eigenvalue weighted by Crippen LogP contribution is 2.39. The van der Waals surface area contributed by atoms with Gasteiger partial charge in [0, 0.05) is 9.50 Å². The highest BCUT2D eigenvalue weighted by Gasteiger charge is 2.20. The number of aromatic nitrogens is 1. The molecule has 2 aromatic carbocycles. The summed E-state index contributed by atoms with van der Waals surface area (Å²) in [7, 11) is 0. The van der Waals surface area contributed by atoms with Crippen molar-refractivity contribution in [3.05, 3.63) is 57.8 Å². The van der Waals surface area contributed by atoms with Crippen molar-refractivity contribution in [1.29, 1.82) is 0 Å². The van der Waals surface area contributed by atoms with Gasteiger partial charge in [0.2, 0.25) is 0 Å². The molecule has 0 aliphatic carbocycles. The normalized spacial score (nSPS) is 10.8. The molecule has 0 unspecified atom stereocenters. The van der Waals surface area contributed by atoms with Crippen LogP contribution in [0.5, 0.6) is 0 Å². The van der Waals surface area contributed by atoms with Crippen LogP contribution in [0.2, 0.25) is 5.02 Å². The fourth-order valence-corrected chi connectivity index (χ4v) is 2.65. The van der Waals surface area contributed by atoms with E-state index in [9.17, 15) is 4.39 Å². The second-order valence-corrected chi connectivity index (χ2v) is 5.76. The number of hydrogen-bond donors (Lipinski definition) is 1. The molecule has 6 heteroatoms. The van der Waals surface area contributed by atoms with Crippen molar-refractivity contribution in [3.8, 4) is 22.5 Å². The number of nitrogen functional groups attached to an aromatic ring is 1. The van der Waals surface area contributed by atoms with E-state index >= 15 is 0 Å². The molecule has 0 amide bonds. The molecule has 106 valence electrons. The van der Waals surface area contributed by atoms with E-state index in [1.807, 2.05) is 24.3 Å². The summed E-state index contributed by atoms with van der Waals surface area (Å²) < 4.78 is 20.1. The molecular weight excluding hydrogens is 359 g/mol. The van der Waals surface area contributed by atoms with Crippen LogP contribution in [0, 0.1) is 5.82 Å². The Kier molecular flexibility index (Phi) is 3.69. The van der Waals surface area contributed by atoms with Gasteiger partial charge in [0.05, 0.1) is 11.1 Å². The monoisotopic (exact) mass is 366 g/mol. The molecule has 0 spiro atoms. The summed E-state index contributed by atoms with van der Waals surface area (Å²) in [6.45, 7) is 0. The largest absolute Gasteiger partial charge is 0.380 e. The molecule has 1 aromatic heterocycles. The summed E-state index contributed by atoms with van der Waals surface area (Å²) in [4.78, 5) is 0. The van der Waals surface area contributed by atoms with Crippen molar-refractivity contribution in [2.75, 3.05) is 5.73 Å². The maximum atomic E-state index is 14.0. The maximum Gasteiger partial charge on any atom is 0.179 e. The van der Waals surface area contributed by atoms with Gasteiger partial charge < -0.3 is 10.3 Å². The van der Waals surface area contributed by atoms with Crippen LogP contribution in [0.3, 0.4) is 0 Å². The van der Waals surface area contributed by atoms with Gasteiger partial charge in [0.15, 0.2) is 11.6 Å². The lowest BCUT2D eigenvalue weighted by Crippen LogP contribution is -1.90. The Morgan fingerprint density at radius 3 is 2.76 bits per heavy atom. The quantitative estimate of drug-likeness (QED) is 0.682. The molecule has 0 saturated carbocycles. The lowest BCUT2D eigenvalue weighted by atomic mass is 10.0. The molecule has 0 aliphatic rings. The summed E-state index contributed by atoms with van der Waals surface area (Å²) in [6.07, 6.45) is 0. The van der Waals surface area contributed by atoms with Gasteiger partial charge in [-0.15, -0.1) is 0 Å². The topological polar surface area (TPSA) is 52.0 Å². The SMILES string of the molecule is Nc1noc(-c2cc(Cl)ccc2F)c1-c1cccc(Br)c1. The van der Waals surface area contributed by atoms with Crippen LogP contribution in [0.1, 0.15) is 0 Å². The van der Waals surface area contributed by atoms with Crippen LogP contribution in [-0.2, 0) is 0 Å². The summed E-state index contributed by atoms with van der Waals surface area (Å²) in [6, 6.07) is 11.7. The lowest BCUT2D eigenvalue weighted by Gasteiger charge is -2.05. The maximum absolute atomic E-state index is 14.0. The zero-order valence-electron chi connectivity index (χ0n) is 10.6. The number of nitrogens with two attached hydrogens (primary N) is 1. The van der Waals surface area contributed by atoms with E-state index in [4.69, 9.17) is 21.9 Å². The van der Waals surface area contributed by atoms with E-state index in [2.05, 4.69) is 21.1 Å². The summed E-state index contributed by atoms with van der Waals surface area (Å²) >= 11 is 9.32. The van der Waals surface area contributed by atoms with Crippen LogP contribution >= 0.6 is 27.5 Å². The minimum atomic E-state index is -0.452. The molecule has 21 heavy (non-hydrogen) atoms. The van der Waals surface area contributed by atoms with Crippen molar-refractivity contribution in [2.24, 2.45) is 0 Å². The van der Waals surface area contributed by atoms with Crippen LogP contribution in [0.25, 0.3) is 22.5 Å². The minimum Gasteiger partial charge on any atom is -0.380 e. The number of benzene rings is 2. The zero-order chi connectivity index (χ0) is 15.0. The molecule has 0 atom stereocenters. The number of hydrogen-bond acceptors (Lipinski definition) is 3. The number of rotatable bonds is 2. The van der Waals surface area contributed by atoms with E-state index < -0.39 is 5.82 Å². The minimum absolute atomic E-state index is 0.197. The Labute approximate surface area is 133 Å². The van der Waals surface area contributed by atoms with Gasteiger partial charge in [-0.2, -0.15) is 0 Å². The zero-order valence-corrected chi connectivity index (χ0v) is 13.0. The standard InChI is InChI=1S/C15H9BrClFN2O/c16-9-3-1-2-8(6-9)13-14(21-20-15(13)19)11-7-10(17)4-5-12(11)18/h1-7H,(H2,19,20). The Morgan fingerprint density at radius 1 is 1.19 bits per heavy atom. The Balaban J connectivity index is 2.24. The Hall–Kier alpha value is -1.85. The molecule has 2 N–H and O–H groups in total. The summed E-state index contributed by atoms with van der Waals surface area (Å²) in [5, 5.41) is 4.15. The Bertz CT molecular complexity index is 819. The van der Waals surface area contributed by atoms with Crippen molar-refractivity contribution in [1.82, 2.24) is 5.16 Å². The average molecular weight is 368 g/mol.